The molecule has 0 aliphatic rings. The lowest BCUT2D eigenvalue weighted by Crippen LogP contribution is -2.05. The van der Waals surface area contributed by atoms with E-state index in [-0.39, 0.29) is 0 Å². The number of nitrogens with two attached hydrogens (primary N) is 1. The van der Waals surface area contributed by atoms with E-state index in [1.807, 2.05) is 6.92 Å². The topological polar surface area (TPSA) is 52.3 Å². The largest absolute Gasteiger partial charge is 0.398 e. The van der Waals surface area contributed by atoms with Crippen LogP contribution in [-0.2, 0) is 15.5 Å². The summed E-state index contributed by atoms with van der Waals surface area (Å²) in [4.78, 5) is 0.542. The van der Waals surface area contributed by atoms with Crippen molar-refractivity contribution in [3.8, 4) is 0 Å². The highest BCUT2D eigenvalue weighted by atomic mass is 35.5. The average molecular weight is 262 g/mol. The van der Waals surface area contributed by atoms with Gasteiger partial charge in [0.1, 0.15) is 0 Å². The molecule has 1 atom stereocenters. The van der Waals surface area contributed by atoms with E-state index in [0.717, 1.165) is 6.42 Å². The first-order valence-corrected chi connectivity index (χ1v) is 6.86. The Morgan fingerprint density at radius 3 is 2.88 bits per heavy atom. The van der Waals surface area contributed by atoms with Crippen LogP contribution in [0, 0.1) is 0 Å². The zero-order chi connectivity index (χ0) is 12.0. The van der Waals surface area contributed by atoms with E-state index < -0.39 is 10.8 Å². The summed E-state index contributed by atoms with van der Waals surface area (Å²) < 4.78 is 17.1. The summed E-state index contributed by atoms with van der Waals surface area (Å²) in [5.74, 6) is 0.522. The van der Waals surface area contributed by atoms with E-state index in [2.05, 4.69) is 0 Å². The molecular formula is C11H16ClNO2S. The molecule has 3 nitrogen and oxygen atoms in total. The SMILES string of the molecule is CCOCCCS(=O)c1c(N)cccc1Cl. The molecule has 0 aliphatic heterocycles. The number of hydrogen-bond donors (Lipinski definition) is 1. The number of nitrogen functional groups attached to an aromatic ring is 1. The van der Waals surface area contributed by atoms with Crippen LogP contribution in [0.3, 0.4) is 0 Å². The van der Waals surface area contributed by atoms with Crippen LogP contribution in [0.1, 0.15) is 13.3 Å². The molecule has 1 unspecified atom stereocenters. The van der Waals surface area contributed by atoms with Gasteiger partial charge in [0.15, 0.2) is 0 Å². The Morgan fingerprint density at radius 1 is 1.50 bits per heavy atom. The molecule has 1 aromatic carbocycles. The second-order valence-corrected chi connectivity index (χ2v) is 5.17. The molecule has 0 fully saturated rings. The van der Waals surface area contributed by atoms with Crippen molar-refractivity contribution in [2.24, 2.45) is 0 Å². The molecule has 2 N–H and O–H groups in total. The number of anilines is 1. The summed E-state index contributed by atoms with van der Waals surface area (Å²) in [6.45, 7) is 3.23. The van der Waals surface area contributed by atoms with Crippen molar-refractivity contribution < 1.29 is 8.95 Å². The first kappa shape index (κ1) is 13.5. The van der Waals surface area contributed by atoms with Crippen LogP contribution >= 0.6 is 11.6 Å². The second-order valence-electron chi connectivity index (χ2n) is 3.26. The van der Waals surface area contributed by atoms with Crippen LogP contribution in [0.4, 0.5) is 5.69 Å². The van der Waals surface area contributed by atoms with Crippen molar-refractivity contribution in [1.29, 1.82) is 0 Å². The van der Waals surface area contributed by atoms with E-state index in [4.69, 9.17) is 22.1 Å². The first-order chi connectivity index (χ1) is 7.66. The van der Waals surface area contributed by atoms with Crippen LogP contribution < -0.4 is 5.73 Å². The highest BCUT2D eigenvalue weighted by Crippen LogP contribution is 2.25. The van der Waals surface area contributed by atoms with Crippen molar-refractivity contribution in [2.75, 3.05) is 24.7 Å². The van der Waals surface area contributed by atoms with Gasteiger partial charge in [0, 0.05) is 24.7 Å². The summed E-state index contributed by atoms with van der Waals surface area (Å²) in [7, 11) is -1.15. The van der Waals surface area contributed by atoms with Gasteiger partial charge in [-0.1, -0.05) is 17.7 Å². The maximum Gasteiger partial charge on any atom is 0.0803 e. The van der Waals surface area contributed by atoms with Crippen molar-refractivity contribution in [3.63, 3.8) is 0 Å². The maximum absolute atomic E-state index is 11.9. The van der Waals surface area contributed by atoms with Crippen molar-refractivity contribution in [1.82, 2.24) is 0 Å². The molecule has 1 rings (SSSR count). The highest BCUT2D eigenvalue weighted by Gasteiger charge is 2.11. The van der Waals surface area contributed by atoms with Gasteiger partial charge >= 0.3 is 0 Å². The van der Waals surface area contributed by atoms with Crippen LogP contribution in [0.2, 0.25) is 5.02 Å². The minimum Gasteiger partial charge on any atom is -0.398 e. The monoisotopic (exact) mass is 261 g/mol. The molecule has 0 saturated heterocycles. The summed E-state index contributed by atoms with van der Waals surface area (Å²) in [5.41, 5.74) is 6.23. The van der Waals surface area contributed by atoms with Gasteiger partial charge in [-0.05, 0) is 25.5 Å². The van der Waals surface area contributed by atoms with Gasteiger partial charge < -0.3 is 10.5 Å². The van der Waals surface area contributed by atoms with Crippen LogP contribution in [0.5, 0.6) is 0 Å². The average Bonchev–Trinajstić information content (AvgIpc) is 2.24. The number of hydrogen-bond acceptors (Lipinski definition) is 3. The molecule has 0 heterocycles. The molecule has 1 aromatic rings. The van der Waals surface area contributed by atoms with Gasteiger partial charge in [-0.25, -0.2) is 0 Å². The molecule has 0 spiro atoms. The molecule has 90 valence electrons. The Balaban J connectivity index is 2.59. The van der Waals surface area contributed by atoms with Crippen LogP contribution in [-0.4, -0.2) is 23.2 Å². The standard InChI is InChI=1S/C11H16ClNO2S/c1-2-15-7-4-8-16(14)11-9(12)5-3-6-10(11)13/h3,5-6H,2,4,7-8,13H2,1H3. The Bertz CT molecular complexity index is 351. The minimum absolute atomic E-state index is 0.467. The zero-order valence-corrected chi connectivity index (χ0v) is 10.8. The number of ether oxygens (including phenoxy) is 1. The summed E-state index contributed by atoms with van der Waals surface area (Å²) in [6, 6.07) is 5.16. The first-order valence-electron chi connectivity index (χ1n) is 5.17. The van der Waals surface area contributed by atoms with E-state index in [9.17, 15) is 4.21 Å². The predicted octanol–water partition coefficient (Wildman–Crippen LogP) is 2.46. The van der Waals surface area contributed by atoms with Crippen molar-refractivity contribution >= 4 is 28.1 Å². The predicted molar refractivity (Wildman–Crippen MR) is 68.2 cm³/mol. The third-order valence-corrected chi connectivity index (χ3v) is 4.05. The van der Waals surface area contributed by atoms with Gasteiger partial charge in [-0.2, -0.15) is 0 Å². The molecule has 0 saturated carbocycles. The third-order valence-electron chi connectivity index (χ3n) is 2.05. The highest BCUT2D eigenvalue weighted by molar-refractivity contribution is 7.85. The molecule has 0 bridgehead atoms. The minimum atomic E-state index is -1.15. The fourth-order valence-corrected chi connectivity index (χ4v) is 2.94. The fourth-order valence-electron chi connectivity index (χ4n) is 1.30. The van der Waals surface area contributed by atoms with E-state index >= 15 is 0 Å². The Kier molecular flexibility index (Phi) is 5.80. The number of rotatable bonds is 6. The Morgan fingerprint density at radius 2 is 2.25 bits per heavy atom. The number of benzene rings is 1. The summed E-state index contributed by atoms with van der Waals surface area (Å²) >= 11 is 5.96. The van der Waals surface area contributed by atoms with Gasteiger partial charge in [0.25, 0.3) is 0 Å². The molecular weight excluding hydrogens is 246 g/mol. The van der Waals surface area contributed by atoms with E-state index in [1.54, 1.807) is 18.2 Å². The lowest BCUT2D eigenvalue weighted by Gasteiger charge is -2.07. The molecule has 16 heavy (non-hydrogen) atoms. The van der Waals surface area contributed by atoms with Gasteiger partial charge in [-0.3, -0.25) is 4.21 Å². The van der Waals surface area contributed by atoms with Gasteiger partial charge in [0.2, 0.25) is 0 Å². The second kappa shape index (κ2) is 6.89. The van der Waals surface area contributed by atoms with E-state index in [1.165, 1.54) is 0 Å². The summed E-state index contributed by atoms with van der Waals surface area (Å²) in [6.07, 6.45) is 0.741. The molecule has 5 heteroatoms. The van der Waals surface area contributed by atoms with Gasteiger partial charge in [0.05, 0.1) is 20.7 Å². The Labute approximate surface area is 103 Å². The van der Waals surface area contributed by atoms with Crippen molar-refractivity contribution in [3.05, 3.63) is 23.2 Å². The lowest BCUT2D eigenvalue weighted by molar-refractivity contribution is 0.149. The number of halogens is 1. The molecule has 0 aliphatic carbocycles. The van der Waals surface area contributed by atoms with Gasteiger partial charge in [-0.15, -0.1) is 0 Å². The summed E-state index contributed by atoms with van der Waals surface area (Å²) in [5, 5.41) is 0.467. The molecule has 0 amide bonds. The quantitative estimate of drug-likeness (QED) is 0.632. The molecule has 0 aromatic heterocycles. The fraction of sp³-hybridized carbons (Fsp3) is 0.455. The van der Waals surface area contributed by atoms with Crippen LogP contribution in [0.15, 0.2) is 23.1 Å². The smallest absolute Gasteiger partial charge is 0.0803 e. The zero-order valence-electron chi connectivity index (χ0n) is 9.24. The normalized spacial score (nSPS) is 12.6. The van der Waals surface area contributed by atoms with Crippen molar-refractivity contribution in [2.45, 2.75) is 18.2 Å². The lowest BCUT2D eigenvalue weighted by atomic mass is 10.3. The maximum atomic E-state index is 11.9. The van der Waals surface area contributed by atoms with Crippen LogP contribution in [0.25, 0.3) is 0 Å². The third kappa shape index (κ3) is 3.77. The molecule has 0 radical (unpaired) electrons. The Hall–Kier alpha value is -0.580. The van der Waals surface area contributed by atoms with E-state index in [0.29, 0.717) is 34.6 Å².